The molecule has 1 saturated heterocycles. The molecule has 3 nitrogen and oxygen atoms in total. The van der Waals surface area contributed by atoms with E-state index in [2.05, 4.69) is 17.1 Å². The van der Waals surface area contributed by atoms with E-state index >= 15 is 0 Å². The van der Waals surface area contributed by atoms with Crippen molar-refractivity contribution in [3.05, 3.63) is 0 Å². The Morgan fingerprint density at radius 3 is 2.39 bits per heavy atom. The van der Waals surface area contributed by atoms with Gasteiger partial charge in [0.05, 0.1) is 0 Å². The van der Waals surface area contributed by atoms with Crippen LogP contribution in [-0.4, -0.2) is 37.0 Å². The highest BCUT2D eigenvalue weighted by Crippen LogP contribution is 2.26. The van der Waals surface area contributed by atoms with Crippen LogP contribution in [0.2, 0.25) is 0 Å². The molecule has 3 heteroatoms. The molecule has 1 amide bonds. The Kier molecular flexibility index (Phi) is 5.48. The number of hydrogen-bond donors (Lipinski definition) is 1. The van der Waals surface area contributed by atoms with E-state index in [4.69, 9.17) is 0 Å². The lowest BCUT2D eigenvalue weighted by Crippen LogP contribution is -2.42. The van der Waals surface area contributed by atoms with Crippen molar-refractivity contribution in [2.75, 3.05) is 26.2 Å². The molecule has 0 unspecified atom stereocenters. The Bertz CT molecular complexity index is 255. The molecular formula is C15H28N2O. The van der Waals surface area contributed by atoms with Gasteiger partial charge in [0.2, 0.25) is 5.91 Å². The standard InChI is InChI=1S/C15H28N2O/c1-2-17(12-13-8-10-16-11-9-13)15(18)14-6-4-3-5-7-14/h13-14,16H,2-12H2,1H3. The first-order chi connectivity index (χ1) is 8.81. The minimum absolute atomic E-state index is 0.334. The maximum atomic E-state index is 12.5. The molecule has 1 heterocycles. The second-order valence-electron chi connectivity index (χ2n) is 5.91. The van der Waals surface area contributed by atoms with E-state index in [1.165, 1.54) is 32.1 Å². The third kappa shape index (κ3) is 3.71. The smallest absolute Gasteiger partial charge is 0.225 e. The molecule has 2 aliphatic rings. The van der Waals surface area contributed by atoms with Crippen molar-refractivity contribution in [1.29, 1.82) is 0 Å². The largest absolute Gasteiger partial charge is 0.342 e. The average Bonchev–Trinajstić information content (AvgIpc) is 2.46. The molecule has 0 bridgehead atoms. The van der Waals surface area contributed by atoms with Crippen molar-refractivity contribution in [1.82, 2.24) is 10.2 Å². The topological polar surface area (TPSA) is 32.3 Å². The molecule has 0 aromatic carbocycles. The maximum absolute atomic E-state index is 12.5. The summed E-state index contributed by atoms with van der Waals surface area (Å²) < 4.78 is 0. The molecule has 1 N–H and O–H groups in total. The van der Waals surface area contributed by atoms with Crippen LogP contribution in [0.4, 0.5) is 0 Å². The summed E-state index contributed by atoms with van der Waals surface area (Å²) in [6.07, 6.45) is 8.54. The summed E-state index contributed by atoms with van der Waals surface area (Å²) in [7, 11) is 0. The van der Waals surface area contributed by atoms with Gasteiger partial charge in [0, 0.05) is 19.0 Å². The van der Waals surface area contributed by atoms with Crippen molar-refractivity contribution in [2.24, 2.45) is 11.8 Å². The van der Waals surface area contributed by atoms with Crippen LogP contribution in [0.3, 0.4) is 0 Å². The van der Waals surface area contributed by atoms with Gasteiger partial charge in [-0.25, -0.2) is 0 Å². The third-order valence-electron chi connectivity index (χ3n) is 4.59. The van der Waals surface area contributed by atoms with Crippen LogP contribution in [0.1, 0.15) is 51.9 Å². The monoisotopic (exact) mass is 252 g/mol. The van der Waals surface area contributed by atoms with E-state index in [0.717, 1.165) is 44.9 Å². The summed E-state index contributed by atoms with van der Waals surface area (Å²) in [5, 5.41) is 3.40. The number of amides is 1. The fraction of sp³-hybridized carbons (Fsp3) is 0.933. The number of rotatable bonds is 4. The summed E-state index contributed by atoms with van der Waals surface area (Å²) in [4.78, 5) is 14.6. The Morgan fingerprint density at radius 1 is 1.11 bits per heavy atom. The van der Waals surface area contributed by atoms with Gasteiger partial charge in [-0.15, -0.1) is 0 Å². The summed E-state index contributed by atoms with van der Waals surface area (Å²) >= 11 is 0. The van der Waals surface area contributed by atoms with E-state index in [9.17, 15) is 4.79 Å². The Morgan fingerprint density at radius 2 is 1.78 bits per heavy atom. The zero-order valence-electron chi connectivity index (χ0n) is 11.8. The van der Waals surface area contributed by atoms with Crippen molar-refractivity contribution >= 4 is 5.91 Å². The maximum Gasteiger partial charge on any atom is 0.225 e. The normalized spacial score (nSPS) is 22.9. The van der Waals surface area contributed by atoms with Crippen molar-refractivity contribution in [2.45, 2.75) is 51.9 Å². The van der Waals surface area contributed by atoms with Crippen LogP contribution >= 0.6 is 0 Å². The zero-order valence-corrected chi connectivity index (χ0v) is 11.8. The summed E-state index contributed by atoms with van der Waals surface area (Å²) in [5.74, 6) is 1.50. The second kappa shape index (κ2) is 7.13. The van der Waals surface area contributed by atoms with E-state index in [1.54, 1.807) is 0 Å². The van der Waals surface area contributed by atoms with E-state index in [-0.39, 0.29) is 0 Å². The molecule has 0 spiro atoms. The van der Waals surface area contributed by atoms with E-state index in [1.807, 2.05) is 0 Å². The van der Waals surface area contributed by atoms with Gasteiger partial charge < -0.3 is 10.2 Å². The summed E-state index contributed by atoms with van der Waals surface area (Å²) in [5.41, 5.74) is 0. The highest BCUT2D eigenvalue weighted by Gasteiger charge is 2.27. The number of carbonyl (C=O) groups is 1. The number of hydrogen-bond acceptors (Lipinski definition) is 2. The first-order valence-electron chi connectivity index (χ1n) is 7.80. The van der Waals surface area contributed by atoms with Gasteiger partial charge in [-0.1, -0.05) is 19.3 Å². The van der Waals surface area contributed by atoms with Crippen LogP contribution in [0.5, 0.6) is 0 Å². The molecule has 1 aliphatic carbocycles. The number of piperidine rings is 1. The van der Waals surface area contributed by atoms with Crippen LogP contribution in [-0.2, 0) is 4.79 Å². The fourth-order valence-electron chi connectivity index (χ4n) is 3.36. The van der Waals surface area contributed by atoms with Crippen molar-refractivity contribution in [3.63, 3.8) is 0 Å². The molecule has 0 radical (unpaired) electrons. The SMILES string of the molecule is CCN(CC1CCNCC1)C(=O)C1CCCCC1. The molecule has 18 heavy (non-hydrogen) atoms. The Hall–Kier alpha value is -0.570. The molecule has 104 valence electrons. The molecular weight excluding hydrogens is 224 g/mol. The van der Waals surface area contributed by atoms with Gasteiger partial charge in [0.25, 0.3) is 0 Å². The third-order valence-corrected chi connectivity index (χ3v) is 4.59. The van der Waals surface area contributed by atoms with E-state index in [0.29, 0.717) is 11.8 Å². The number of nitrogens with zero attached hydrogens (tertiary/aromatic N) is 1. The fourth-order valence-corrected chi connectivity index (χ4v) is 3.36. The van der Waals surface area contributed by atoms with Gasteiger partial charge in [-0.2, -0.15) is 0 Å². The predicted octanol–water partition coefficient (Wildman–Crippen LogP) is 2.41. The first kappa shape index (κ1) is 13.9. The minimum Gasteiger partial charge on any atom is -0.342 e. The van der Waals surface area contributed by atoms with Crippen LogP contribution in [0.25, 0.3) is 0 Å². The van der Waals surface area contributed by atoms with Crippen LogP contribution in [0.15, 0.2) is 0 Å². The first-order valence-corrected chi connectivity index (χ1v) is 7.80. The van der Waals surface area contributed by atoms with Gasteiger partial charge in [-0.05, 0) is 51.6 Å². The minimum atomic E-state index is 0.334. The van der Waals surface area contributed by atoms with E-state index < -0.39 is 0 Å². The van der Waals surface area contributed by atoms with Crippen molar-refractivity contribution < 1.29 is 4.79 Å². The lowest BCUT2D eigenvalue weighted by atomic mass is 9.87. The van der Waals surface area contributed by atoms with Crippen LogP contribution < -0.4 is 5.32 Å². The molecule has 0 aromatic rings. The molecule has 0 aromatic heterocycles. The molecule has 0 atom stereocenters. The lowest BCUT2D eigenvalue weighted by molar-refractivity contribution is -0.137. The predicted molar refractivity (Wildman–Crippen MR) is 74.4 cm³/mol. The summed E-state index contributed by atoms with van der Waals surface area (Å²) in [6.45, 7) is 6.26. The van der Waals surface area contributed by atoms with Gasteiger partial charge >= 0.3 is 0 Å². The highest BCUT2D eigenvalue weighted by molar-refractivity contribution is 5.78. The molecule has 1 aliphatic heterocycles. The average molecular weight is 252 g/mol. The van der Waals surface area contributed by atoms with Gasteiger partial charge in [-0.3, -0.25) is 4.79 Å². The molecule has 1 saturated carbocycles. The number of nitrogens with one attached hydrogen (secondary N) is 1. The number of carbonyl (C=O) groups excluding carboxylic acids is 1. The lowest BCUT2D eigenvalue weighted by Gasteiger charge is -2.33. The highest BCUT2D eigenvalue weighted by atomic mass is 16.2. The van der Waals surface area contributed by atoms with Gasteiger partial charge in [0.15, 0.2) is 0 Å². The quantitative estimate of drug-likeness (QED) is 0.833. The van der Waals surface area contributed by atoms with Gasteiger partial charge in [0.1, 0.15) is 0 Å². The Balaban J connectivity index is 1.84. The molecule has 2 rings (SSSR count). The van der Waals surface area contributed by atoms with Crippen LogP contribution in [0, 0.1) is 11.8 Å². The Labute approximate surface area is 111 Å². The second-order valence-corrected chi connectivity index (χ2v) is 5.91. The molecule has 2 fully saturated rings. The summed E-state index contributed by atoms with van der Waals surface area (Å²) in [6, 6.07) is 0. The van der Waals surface area contributed by atoms with Crippen molar-refractivity contribution in [3.8, 4) is 0 Å². The zero-order chi connectivity index (χ0) is 12.8.